The standard InChI is InChI=1S/C45H58N2O7/c1-44(2,3)37-19-33-26-52-24-31-17-30(13-12-15-40(48)47-23-39-14-10-11-16-46-39)18-32(41(31)49-7)25-53-27-34-20-38(45(4,5)6)22-36(43(34)51-9)29-54-28-35(21-37)42(33)50-8/h10-11,14,16-22H,12-13,15,23-29H2,1-9H3,(H,47,48). The van der Waals surface area contributed by atoms with Gasteiger partial charge in [-0.25, -0.2) is 0 Å². The van der Waals surface area contributed by atoms with Crippen molar-refractivity contribution in [1.29, 1.82) is 0 Å². The van der Waals surface area contributed by atoms with E-state index >= 15 is 0 Å². The molecule has 2 heterocycles. The number of fused-ring (bicyclic) bond motifs is 6. The fourth-order valence-electron chi connectivity index (χ4n) is 6.82. The van der Waals surface area contributed by atoms with E-state index in [1.807, 2.05) is 18.2 Å². The molecule has 290 valence electrons. The van der Waals surface area contributed by atoms with Crippen LogP contribution >= 0.6 is 0 Å². The molecule has 6 bridgehead atoms. The second-order valence-corrected chi connectivity index (χ2v) is 16.0. The number of nitrogens with zero attached hydrogens (tertiary/aromatic N) is 1. The van der Waals surface area contributed by atoms with Crippen molar-refractivity contribution in [2.45, 2.75) is 118 Å². The average molecular weight is 739 g/mol. The van der Waals surface area contributed by atoms with E-state index in [0.29, 0.717) is 65.4 Å². The van der Waals surface area contributed by atoms with E-state index in [2.05, 4.69) is 88.2 Å². The number of methoxy groups -OCH3 is 3. The lowest BCUT2D eigenvalue weighted by Crippen LogP contribution is -2.23. The van der Waals surface area contributed by atoms with Crippen molar-refractivity contribution in [3.63, 3.8) is 0 Å². The lowest BCUT2D eigenvalue weighted by atomic mass is 9.84. The van der Waals surface area contributed by atoms with Crippen LogP contribution in [0, 0.1) is 0 Å². The van der Waals surface area contributed by atoms with Crippen molar-refractivity contribution in [2.24, 2.45) is 0 Å². The Morgan fingerprint density at radius 3 is 1.41 bits per heavy atom. The molecular weight excluding hydrogens is 681 g/mol. The predicted octanol–water partition coefficient (Wildman–Crippen LogP) is 8.81. The van der Waals surface area contributed by atoms with Gasteiger partial charge in [0.25, 0.3) is 0 Å². The number of rotatable bonds is 9. The van der Waals surface area contributed by atoms with Gasteiger partial charge in [-0.2, -0.15) is 0 Å². The first-order valence-corrected chi connectivity index (χ1v) is 18.8. The fraction of sp³-hybridized carbons (Fsp3) is 0.467. The minimum Gasteiger partial charge on any atom is -0.496 e. The van der Waals surface area contributed by atoms with Crippen molar-refractivity contribution in [3.8, 4) is 17.2 Å². The summed E-state index contributed by atoms with van der Waals surface area (Å²) in [5.74, 6) is 2.25. The van der Waals surface area contributed by atoms with E-state index in [1.165, 1.54) is 11.1 Å². The van der Waals surface area contributed by atoms with Crippen LogP contribution in [0.25, 0.3) is 0 Å². The Bertz CT molecular complexity index is 1780. The largest absolute Gasteiger partial charge is 0.496 e. The summed E-state index contributed by atoms with van der Waals surface area (Å²) in [6.07, 6.45) is 3.52. The van der Waals surface area contributed by atoms with Crippen LogP contribution in [0.5, 0.6) is 17.2 Å². The third kappa shape index (κ3) is 10.6. The molecule has 0 saturated carbocycles. The first-order valence-electron chi connectivity index (χ1n) is 18.8. The Balaban J connectivity index is 1.49. The van der Waals surface area contributed by atoms with E-state index < -0.39 is 0 Å². The van der Waals surface area contributed by atoms with Crippen LogP contribution in [-0.2, 0) is 82.4 Å². The smallest absolute Gasteiger partial charge is 0.220 e. The summed E-state index contributed by atoms with van der Waals surface area (Å²) in [5.41, 5.74) is 9.72. The first kappa shape index (κ1) is 40.7. The summed E-state index contributed by atoms with van der Waals surface area (Å²) in [6.45, 7) is 15.7. The molecule has 1 aromatic heterocycles. The molecule has 1 aliphatic rings. The third-order valence-corrected chi connectivity index (χ3v) is 9.74. The average Bonchev–Trinajstić information content (AvgIpc) is 3.13. The Morgan fingerprint density at radius 1 is 0.648 bits per heavy atom. The summed E-state index contributed by atoms with van der Waals surface area (Å²) in [7, 11) is 5.08. The Kier molecular flexibility index (Phi) is 13.8. The number of ether oxygens (including phenoxy) is 6. The zero-order chi connectivity index (χ0) is 38.9. The van der Waals surface area contributed by atoms with E-state index in [0.717, 1.165) is 61.9 Å². The van der Waals surface area contributed by atoms with E-state index in [4.69, 9.17) is 28.4 Å². The molecule has 1 aliphatic heterocycles. The molecule has 0 unspecified atom stereocenters. The maximum Gasteiger partial charge on any atom is 0.220 e. The molecule has 9 heteroatoms. The molecule has 0 fully saturated rings. The van der Waals surface area contributed by atoms with Gasteiger partial charge in [0.05, 0.1) is 73.2 Å². The molecule has 0 atom stereocenters. The van der Waals surface area contributed by atoms with Gasteiger partial charge in [0.15, 0.2) is 0 Å². The summed E-state index contributed by atoms with van der Waals surface area (Å²) in [4.78, 5) is 17.0. The quantitative estimate of drug-likeness (QED) is 0.182. The van der Waals surface area contributed by atoms with Crippen LogP contribution in [-0.4, -0.2) is 32.2 Å². The van der Waals surface area contributed by atoms with Gasteiger partial charge in [-0.1, -0.05) is 47.6 Å². The normalized spacial score (nSPS) is 14.1. The number of aryl methyl sites for hydroxylation is 1. The van der Waals surface area contributed by atoms with Gasteiger partial charge in [0, 0.05) is 46.0 Å². The number of hydrogen-bond donors (Lipinski definition) is 1. The van der Waals surface area contributed by atoms with Crippen molar-refractivity contribution in [1.82, 2.24) is 10.3 Å². The molecule has 5 rings (SSSR count). The molecule has 54 heavy (non-hydrogen) atoms. The number of aromatic nitrogens is 1. The second kappa shape index (κ2) is 18.3. The number of hydrogen-bond acceptors (Lipinski definition) is 8. The molecule has 9 nitrogen and oxygen atoms in total. The van der Waals surface area contributed by atoms with Crippen LogP contribution in [0.4, 0.5) is 0 Å². The van der Waals surface area contributed by atoms with Gasteiger partial charge in [0.2, 0.25) is 5.91 Å². The molecule has 0 radical (unpaired) electrons. The zero-order valence-corrected chi connectivity index (χ0v) is 33.6. The Hall–Kier alpha value is -4.44. The van der Waals surface area contributed by atoms with Crippen molar-refractivity contribution >= 4 is 5.91 Å². The molecule has 0 aliphatic carbocycles. The maximum absolute atomic E-state index is 12.7. The highest BCUT2D eigenvalue weighted by atomic mass is 16.5. The Morgan fingerprint density at radius 2 is 1.06 bits per heavy atom. The Labute approximate surface area is 321 Å². The summed E-state index contributed by atoms with van der Waals surface area (Å²) in [5, 5.41) is 2.98. The van der Waals surface area contributed by atoms with Crippen molar-refractivity contribution in [3.05, 3.63) is 117 Å². The van der Waals surface area contributed by atoms with E-state index in [1.54, 1.807) is 27.5 Å². The molecular formula is C45H58N2O7. The lowest BCUT2D eigenvalue weighted by molar-refractivity contribution is -0.121. The number of carbonyl (C=O) groups is 1. The van der Waals surface area contributed by atoms with Crippen LogP contribution < -0.4 is 19.5 Å². The van der Waals surface area contributed by atoms with Gasteiger partial charge in [-0.05, 0) is 88.9 Å². The molecule has 0 spiro atoms. The number of carbonyl (C=O) groups excluding carboxylic acids is 1. The maximum atomic E-state index is 12.7. The molecule has 0 saturated heterocycles. The van der Waals surface area contributed by atoms with Crippen LogP contribution in [0.3, 0.4) is 0 Å². The minimum absolute atomic E-state index is 0.00329. The van der Waals surface area contributed by atoms with Crippen molar-refractivity contribution < 1.29 is 33.2 Å². The molecule has 4 aromatic rings. The van der Waals surface area contributed by atoms with E-state index in [-0.39, 0.29) is 16.7 Å². The van der Waals surface area contributed by atoms with Crippen LogP contribution in [0.2, 0.25) is 0 Å². The highest BCUT2D eigenvalue weighted by Gasteiger charge is 2.23. The van der Waals surface area contributed by atoms with Crippen LogP contribution in [0.15, 0.2) is 60.8 Å². The zero-order valence-electron chi connectivity index (χ0n) is 33.6. The number of amides is 1. The van der Waals surface area contributed by atoms with Gasteiger partial charge >= 0.3 is 0 Å². The predicted molar refractivity (Wildman–Crippen MR) is 211 cm³/mol. The summed E-state index contributed by atoms with van der Waals surface area (Å²) in [6, 6.07) is 18.6. The summed E-state index contributed by atoms with van der Waals surface area (Å²) < 4.78 is 37.5. The third-order valence-electron chi connectivity index (χ3n) is 9.74. The topological polar surface area (TPSA) is 97.4 Å². The van der Waals surface area contributed by atoms with Crippen molar-refractivity contribution in [2.75, 3.05) is 21.3 Å². The molecule has 1 N–H and O–H groups in total. The lowest BCUT2D eigenvalue weighted by Gasteiger charge is -2.25. The minimum atomic E-state index is -0.103. The molecule has 1 amide bonds. The SMILES string of the molecule is COc1c2cc(CCCC(=O)NCc3ccccn3)cc1COCc1cc(C(C)(C)C)cc(c1OC)COCc1cc(C(C)(C)C)cc(c1OC)COC2. The number of nitrogens with one attached hydrogen (secondary N) is 1. The van der Waals surface area contributed by atoms with E-state index in [9.17, 15) is 4.79 Å². The monoisotopic (exact) mass is 738 g/mol. The highest BCUT2D eigenvalue weighted by molar-refractivity contribution is 5.75. The van der Waals surface area contributed by atoms with Crippen LogP contribution in [0.1, 0.15) is 110 Å². The fourth-order valence-corrected chi connectivity index (χ4v) is 6.82. The number of benzene rings is 3. The van der Waals surface area contributed by atoms with Gasteiger partial charge < -0.3 is 33.7 Å². The highest BCUT2D eigenvalue weighted by Crippen LogP contribution is 2.37. The van der Waals surface area contributed by atoms with Gasteiger partial charge in [0.1, 0.15) is 17.2 Å². The van der Waals surface area contributed by atoms with Gasteiger partial charge in [-0.3, -0.25) is 9.78 Å². The van der Waals surface area contributed by atoms with Gasteiger partial charge in [-0.15, -0.1) is 0 Å². The molecule has 3 aromatic carbocycles. The summed E-state index contributed by atoms with van der Waals surface area (Å²) >= 11 is 0. The first-order chi connectivity index (χ1) is 25.8. The second-order valence-electron chi connectivity index (χ2n) is 16.0. The number of pyridine rings is 1.